The summed E-state index contributed by atoms with van der Waals surface area (Å²) in [5, 5.41) is 0.103. The van der Waals surface area contributed by atoms with E-state index in [0.29, 0.717) is 11.0 Å². The number of aromatic nitrogens is 1. The van der Waals surface area contributed by atoms with Crippen molar-refractivity contribution >= 4 is 37.9 Å². The molecule has 0 unspecified atom stereocenters. The van der Waals surface area contributed by atoms with Gasteiger partial charge in [-0.05, 0) is 24.3 Å². The zero-order chi connectivity index (χ0) is 30.1. The Morgan fingerprint density at radius 1 is 0.821 bits per heavy atom. The molecule has 0 N–H and O–H groups in total. The van der Waals surface area contributed by atoms with E-state index in [4.69, 9.17) is 22.4 Å². The summed E-state index contributed by atoms with van der Waals surface area (Å²) in [6.07, 6.45) is -16.0. The second-order valence-corrected chi connectivity index (χ2v) is 8.84. The summed E-state index contributed by atoms with van der Waals surface area (Å²) >= 11 is 0. The van der Waals surface area contributed by atoms with Gasteiger partial charge in [-0.3, -0.25) is 0 Å². The molecular formula is C21H16F9NO7S. The maximum atomic E-state index is 13.0. The van der Waals surface area contributed by atoms with Gasteiger partial charge >= 0.3 is 23.8 Å². The van der Waals surface area contributed by atoms with Gasteiger partial charge in [0.1, 0.15) is 18.5 Å². The van der Waals surface area contributed by atoms with Gasteiger partial charge < -0.3 is 18.8 Å². The molecule has 0 radical (unpaired) electrons. The van der Waals surface area contributed by atoms with Crippen molar-refractivity contribution in [2.45, 2.75) is 24.0 Å². The first-order valence-corrected chi connectivity index (χ1v) is 11.4. The lowest BCUT2D eigenvalue weighted by Crippen LogP contribution is -2.45. The molecule has 0 spiro atoms. The minimum absolute atomic E-state index is 0.0516. The van der Waals surface area contributed by atoms with Crippen LogP contribution in [0.15, 0.2) is 36.4 Å². The molecule has 3 aromatic rings. The number of carbonyl (C=O) groups excluding carboxylic acids is 1. The second kappa shape index (κ2) is 10.9. The number of hydrogen-bond donors (Lipinski definition) is 0. The van der Waals surface area contributed by atoms with Crippen LogP contribution in [0.2, 0.25) is 0 Å². The quantitative estimate of drug-likeness (QED) is 0.109. The number of carbonyl (C=O) groups is 1. The predicted octanol–water partition coefficient (Wildman–Crippen LogP) is 4.54. The Labute approximate surface area is 213 Å². The van der Waals surface area contributed by atoms with Gasteiger partial charge in [-0.25, -0.2) is 13.2 Å². The highest BCUT2D eigenvalue weighted by Gasteiger charge is 2.60. The van der Waals surface area contributed by atoms with Crippen molar-refractivity contribution in [2.24, 2.45) is 7.05 Å². The van der Waals surface area contributed by atoms with Gasteiger partial charge in [0.15, 0.2) is 10.1 Å². The van der Waals surface area contributed by atoms with E-state index in [1.165, 1.54) is 38.5 Å². The molecule has 3 rings (SSSR count). The fraction of sp³-hybridized carbons (Fsp3) is 0.333. The third-order valence-corrected chi connectivity index (χ3v) is 5.54. The van der Waals surface area contributed by atoms with Crippen molar-refractivity contribution < 1.29 is 76.1 Å². The minimum Gasteiger partial charge on any atom is -0.741 e. The number of hydrogen-bond acceptors (Lipinski definition) is 7. The standard InChI is InChI=1S/C20H16F6NO4.CHF3O3S/c1-27-14-6-4-10(29-2)8-12(14)16(13-9-11(30-3)5-7-15(13)27)17(28)31-18(19(21,22)23)20(24,25)26;2-1(3,4)8(5,6)7/h4-9,18H,1-3H3;(H,5,6,7)/q+1;/p-1. The first kappa shape index (κ1) is 31.7. The van der Waals surface area contributed by atoms with Gasteiger partial charge in [-0.15, -0.1) is 0 Å². The molecule has 18 heteroatoms. The lowest BCUT2D eigenvalue weighted by molar-refractivity contribution is -0.617. The van der Waals surface area contributed by atoms with Crippen molar-refractivity contribution in [3.63, 3.8) is 0 Å². The van der Waals surface area contributed by atoms with Crippen LogP contribution in [0.3, 0.4) is 0 Å². The molecule has 2 aromatic carbocycles. The van der Waals surface area contributed by atoms with Crippen LogP contribution in [0, 0.1) is 0 Å². The molecule has 0 aliphatic carbocycles. The van der Waals surface area contributed by atoms with E-state index >= 15 is 0 Å². The molecule has 0 saturated heterocycles. The number of fused-ring (bicyclic) bond motifs is 2. The summed E-state index contributed by atoms with van der Waals surface area (Å²) < 4.78 is 153. The Hall–Kier alpha value is -3.54. The molecule has 39 heavy (non-hydrogen) atoms. The number of methoxy groups -OCH3 is 2. The average molecular weight is 597 g/mol. The third kappa shape index (κ3) is 7.11. The van der Waals surface area contributed by atoms with E-state index in [2.05, 4.69) is 4.74 Å². The van der Waals surface area contributed by atoms with E-state index in [1.807, 2.05) is 0 Å². The van der Waals surface area contributed by atoms with Crippen LogP contribution < -0.4 is 14.0 Å². The Balaban J connectivity index is 0.000000580. The number of halogens is 9. The molecule has 0 bridgehead atoms. The highest BCUT2D eigenvalue weighted by molar-refractivity contribution is 7.86. The largest absolute Gasteiger partial charge is 0.741 e. The summed E-state index contributed by atoms with van der Waals surface area (Å²) in [5.41, 5.74) is -5.39. The van der Waals surface area contributed by atoms with Crippen molar-refractivity contribution in [2.75, 3.05) is 14.2 Å². The maximum absolute atomic E-state index is 13.0. The van der Waals surface area contributed by atoms with Gasteiger partial charge in [0.25, 0.3) is 6.10 Å². The van der Waals surface area contributed by atoms with Gasteiger partial charge in [0, 0.05) is 12.1 Å². The highest BCUT2D eigenvalue weighted by atomic mass is 32.2. The fourth-order valence-corrected chi connectivity index (χ4v) is 3.25. The first-order chi connectivity index (χ1) is 17.6. The Kier molecular flexibility index (Phi) is 8.86. The Morgan fingerprint density at radius 3 is 1.46 bits per heavy atom. The number of esters is 1. The van der Waals surface area contributed by atoms with Crippen LogP contribution in [0.4, 0.5) is 39.5 Å². The third-order valence-electron chi connectivity index (χ3n) is 4.98. The van der Waals surface area contributed by atoms with Crippen LogP contribution in [-0.4, -0.2) is 57.1 Å². The van der Waals surface area contributed by atoms with Crippen LogP contribution >= 0.6 is 0 Å². The molecular weight excluding hydrogens is 581 g/mol. The normalized spacial score (nSPS) is 12.8. The number of rotatable bonds is 4. The summed E-state index contributed by atoms with van der Waals surface area (Å²) in [7, 11) is -1.81. The van der Waals surface area contributed by atoms with Crippen LogP contribution in [-0.2, 0) is 21.9 Å². The molecule has 1 aromatic heterocycles. The number of pyridine rings is 1. The molecule has 0 fully saturated rings. The van der Waals surface area contributed by atoms with Crippen molar-refractivity contribution in [1.29, 1.82) is 0 Å². The number of nitrogens with zero attached hydrogens (tertiary/aromatic N) is 1. The topological polar surface area (TPSA) is 106 Å². The van der Waals surface area contributed by atoms with Crippen molar-refractivity contribution in [1.82, 2.24) is 0 Å². The number of alkyl halides is 9. The zero-order valence-corrected chi connectivity index (χ0v) is 20.5. The lowest BCUT2D eigenvalue weighted by Gasteiger charge is -2.23. The minimum atomic E-state index is -6.09. The monoisotopic (exact) mass is 597 g/mol. The summed E-state index contributed by atoms with van der Waals surface area (Å²) in [5.74, 6) is -1.30. The van der Waals surface area contributed by atoms with Crippen LogP contribution in [0.1, 0.15) is 10.4 Å². The predicted molar refractivity (Wildman–Crippen MR) is 113 cm³/mol. The molecule has 0 saturated carbocycles. The molecule has 1 heterocycles. The van der Waals surface area contributed by atoms with Gasteiger partial charge in [-0.2, -0.15) is 44.1 Å². The van der Waals surface area contributed by atoms with Gasteiger partial charge in [-0.1, -0.05) is 0 Å². The van der Waals surface area contributed by atoms with E-state index < -0.39 is 45.6 Å². The van der Waals surface area contributed by atoms with Gasteiger partial charge in [0.05, 0.1) is 30.6 Å². The zero-order valence-electron chi connectivity index (χ0n) is 19.7. The second-order valence-electron chi connectivity index (χ2n) is 7.47. The fourth-order valence-electron chi connectivity index (χ4n) is 3.25. The molecule has 0 amide bonds. The van der Waals surface area contributed by atoms with E-state index in [9.17, 15) is 44.3 Å². The number of aryl methyl sites for hydroxylation is 1. The molecule has 0 aliphatic rings. The van der Waals surface area contributed by atoms with Crippen molar-refractivity contribution in [3.8, 4) is 11.5 Å². The van der Waals surface area contributed by atoms with Crippen molar-refractivity contribution in [3.05, 3.63) is 42.0 Å². The summed E-state index contributed by atoms with van der Waals surface area (Å²) in [6.45, 7) is 0. The molecule has 216 valence electrons. The average Bonchev–Trinajstić information content (AvgIpc) is 2.79. The maximum Gasteiger partial charge on any atom is 0.485 e. The van der Waals surface area contributed by atoms with Crippen LogP contribution in [0.25, 0.3) is 21.8 Å². The number of benzene rings is 2. The Morgan fingerprint density at radius 2 is 1.18 bits per heavy atom. The highest BCUT2D eigenvalue weighted by Crippen LogP contribution is 2.38. The first-order valence-electron chi connectivity index (χ1n) is 9.97. The summed E-state index contributed by atoms with van der Waals surface area (Å²) in [6, 6.07) is 8.81. The summed E-state index contributed by atoms with van der Waals surface area (Å²) in [4.78, 5) is 12.8. The van der Waals surface area contributed by atoms with E-state index in [1.54, 1.807) is 23.7 Å². The molecule has 0 atom stereocenters. The SMILES string of the molecule is COc1ccc2c(c1)c(C(=O)OC(C(F)(F)F)C(F)(F)F)c1cc(OC)ccc1[n+]2C.O=S(=O)([O-])C(F)(F)F. The molecule has 8 nitrogen and oxygen atoms in total. The van der Waals surface area contributed by atoms with E-state index in [0.717, 1.165) is 0 Å². The van der Waals surface area contributed by atoms with E-state index in [-0.39, 0.29) is 22.3 Å². The van der Waals surface area contributed by atoms with Crippen LogP contribution in [0.5, 0.6) is 11.5 Å². The number of ether oxygens (including phenoxy) is 3. The smallest absolute Gasteiger partial charge is 0.485 e. The lowest BCUT2D eigenvalue weighted by atomic mass is 10.0. The Bertz CT molecular complexity index is 1400. The van der Waals surface area contributed by atoms with Gasteiger partial charge in [0.2, 0.25) is 11.0 Å². The molecule has 0 aliphatic heterocycles.